The average molecular weight is 289 g/mol. The van der Waals surface area contributed by atoms with Crippen molar-refractivity contribution in [3.8, 4) is 0 Å². The summed E-state index contributed by atoms with van der Waals surface area (Å²) >= 11 is 2.99. The summed E-state index contributed by atoms with van der Waals surface area (Å²) in [6.45, 7) is 3.90. The second kappa shape index (κ2) is 4.79. The maximum atomic E-state index is 12.0. The summed E-state index contributed by atoms with van der Waals surface area (Å²) in [6.07, 6.45) is 1.80. The van der Waals surface area contributed by atoms with Crippen molar-refractivity contribution < 1.29 is 0 Å². The molecule has 3 aromatic heterocycles. The van der Waals surface area contributed by atoms with Gasteiger partial charge >= 0.3 is 0 Å². The first-order chi connectivity index (χ1) is 9.11. The third kappa shape index (κ3) is 2.54. The van der Waals surface area contributed by atoms with Crippen LogP contribution < -0.4 is 5.56 Å². The second-order valence-corrected chi connectivity index (χ2v) is 6.35. The number of thiazole rings is 1. The van der Waals surface area contributed by atoms with Gasteiger partial charge in [0.15, 0.2) is 4.34 Å². The SMILES string of the molecule is Cc1ccc2nc(Sc3nc(C)cs3)cc(=O)n2c1. The molecule has 0 N–H and O–H groups in total. The Morgan fingerprint density at radius 3 is 2.84 bits per heavy atom. The van der Waals surface area contributed by atoms with Crippen molar-refractivity contribution in [3.63, 3.8) is 0 Å². The molecule has 0 bridgehead atoms. The van der Waals surface area contributed by atoms with Crippen molar-refractivity contribution in [1.29, 1.82) is 0 Å². The van der Waals surface area contributed by atoms with Crippen LogP contribution in [-0.2, 0) is 0 Å². The van der Waals surface area contributed by atoms with E-state index >= 15 is 0 Å². The van der Waals surface area contributed by atoms with Gasteiger partial charge in [0.1, 0.15) is 10.7 Å². The fourth-order valence-electron chi connectivity index (χ4n) is 1.71. The van der Waals surface area contributed by atoms with Crippen LogP contribution in [-0.4, -0.2) is 14.4 Å². The highest BCUT2D eigenvalue weighted by Gasteiger charge is 2.06. The molecule has 3 aromatic rings. The van der Waals surface area contributed by atoms with Crippen LogP contribution in [0.25, 0.3) is 5.65 Å². The van der Waals surface area contributed by atoms with Crippen molar-refractivity contribution in [2.45, 2.75) is 23.2 Å². The molecule has 0 unspecified atom stereocenters. The summed E-state index contributed by atoms with van der Waals surface area (Å²) in [6, 6.07) is 5.35. The molecular weight excluding hydrogens is 278 g/mol. The third-order valence-corrected chi connectivity index (χ3v) is 4.55. The molecule has 0 spiro atoms. The zero-order chi connectivity index (χ0) is 13.4. The Morgan fingerprint density at radius 2 is 2.11 bits per heavy atom. The van der Waals surface area contributed by atoms with E-state index in [9.17, 15) is 4.79 Å². The van der Waals surface area contributed by atoms with Crippen LogP contribution in [0.2, 0.25) is 0 Å². The lowest BCUT2D eigenvalue weighted by atomic mass is 10.3. The number of aryl methyl sites for hydroxylation is 2. The number of rotatable bonds is 2. The quantitative estimate of drug-likeness (QED) is 0.681. The minimum absolute atomic E-state index is 0.0653. The third-order valence-electron chi connectivity index (χ3n) is 2.57. The van der Waals surface area contributed by atoms with Crippen molar-refractivity contribution in [2.24, 2.45) is 0 Å². The molecule has 0 amide bonds. The lowest BCUT2D eigenvalue weighted by molar-refractivity contribution is 0.976. The molecule has 0 aromatic carbocycles. The Hall–Kier alpha value is -1.66. The van der Waals surface area contributed by atoms with E-state index in [4.69, 9.17) is 0 Å². The van der Waals surface area contributed by atoms with Gasteiger partial charge in [0.05, 0.1) is 0 Å². The van der Waals surface area contributed by atoms with E-state index in [1.165, 1.54) is 11.8 Å². The van der Waals surface area contributed by atoms with Gasteiger partial charge in [-0.3, -0.25) is 9.20 Å². The van der Waals surface area contributed by atoms with Crippen LogP contribution in [0, 0.1) is 13.8 Å². The summed E-state index contributed by atoms with van der Waals surface area (Å²) in [5.74, 6) is 0. The first-order valence-electron chi connectivity index (χ1n) is 5.72. The van der Waals surface area contributed by atoms with E-state index in [1.54, 1.807) is 28.0 Å². The molecule has 6 heteroatoms. The zero-order valence-electron chi connectivity index (χ0n) is 10.5. The Balaban J connectivity index is 2.06. The van der Waals surface area contributed by atoms with E-state index in [0.29, 0.717) is 10.7 Å². The minimum Gasteiger partial charge on any atom is -0.269 e. The molecule has 19 heavy (non-hydrogen) atoms. The van der Waals surface area contributed by atoms with Gasteiger partial charge in [0.2, 0.25) is 0 Å². The summed E-state index contributed by atoms with van der Waals surface area (Å²) in [4.78, 5) is 20.9. The van der Waals surface area contributed by atoms with Crippen LogP contribution in [0.15, 0.2) is 43.9 Å². The monoisotopic (exact) mass is 289 g/mol. The van der Waals surface area contributed by atoms with Crippen LogP contribution in [0.1, 0.15) is 11.3 Å². The Kier molecular flexibility index (Phi) is 3.12. The Labute approximate surface area is 118 Å². The van der Waals surface area contributed by atoms with Gasteiger partial charge < -0.3 is 0 Å². The highest BCUT2D eigenvalue weighted by atomic mass is 32.2. The number of hydrogen-bond acceptors (Lipinski definition) is 5. The number of hydrogen-bond donors (Lipinski definition) is 0. The molecule has 0 aliphatic heterocycles. The average Bonchev–Trinajstić information content (AvgIpc) is 2.76. The molecular formula is C13H11N3OS2. The predicted molar refractivity (Wildman–Crippen MR) is 77.2 cm³/mol. The van der Waals surface area contributed by atoms with Crippen LogP contribution in [0.4, 0.5) is 0 Å². The predicted octanol–water partition coefficient (Wildman–Crippen LogP) is 2.92. The van der Waals surface area contributed by atoms with E-state index in [1.807, 2.05) is 31.4 Å². The highest BCUT2D eigenvalue weighted by molar-refractivity contribution is 8.01. The second-order valence-electron chi connectivity index (χ2n) is 4.22. The zero-order valence-corrected chi connectivity index (χ0v) is 12.1. The standard InChI is InChI=1S/C13H11N3OS2/c1-8-3-4-10-15-11(5-12(17)16(10)6-8)19-13-14-9(2)7-18-13/h3-7H,1-2H3. The number of fused-ring (bicyclic) bond motifs is 1. The van der Waals surface area contributed by atoms with Crippen molar-refractivity contribution in [3.05, 3.63) is 51.4 Å². The molecule has 3 rings (SSSR count). The van der Waals surface area contributed by atoms with Crippen molar-refractivity contribution in [1.82, 2.24) is 14.4 Å². The van der Waals surface area contributed by atoms with Crippen molar-refractivity contribution >= 4 is 28.7 Å². The van der Waals surface area contributed by atoms with Gasteiger partial charge in [-0.1, -0.05) is 6.07 Å². The molecule has 0 saturated carbocycles. The fraction of sp³-hybridized carbons (Fsp3) is 0.154. The summed E-state index contributed by atoms with van der Waals surface area (Å²) in [5.41, 5.74) is 2.62. The van der Waals surface area contributed by atoms with Gasteiger partial charge in [0.25, 0.3) is 5.56 Å². The first kappa shape index (κ1) is 12.4. The normalized spacial score (nSPS) is 11.1. The van der Waals surface area contributed by atoms with E-state index < -0.39 is 0 Å². The fourth-order valence-corrected chi connectivity index (χ4v) is 3.49. The highest BCUT2D eigenvalue weighted by Crippen LogP contribution is 2.28. The molecule has 0 saturated heterocycles. The van der Waals surface area contributed by atoms with Crippen LogP contribution in [0.5, 0.6) is 0 Å². The topological polar surface area (TPSA) is 47.3 Å². The van der Waals surface area contributed by atoms with Gasteiger partial charge in [-0.05, 0) is 37.2 Å². The number of aromatic nitrogens is 3. The van der Waals surface area contributed by atoms with Gasteiger partial charge in [-0.2, -0.15) is 0 Å². The molecule has 0 fully saturated rings. The lowest BCUT2D eigenvalue weighted by Gasteiger charge is -2.03. The largest absolute Gasteiger partial charge is 0.269 e. The first-order valence-corrected chi connectivity index (χ1v) is 7.41. The van der Waals surface area contributed by atoms with Gasteiger partial charge in [-0.25, -0.2) is 9.97 Å². The van der Waals surface area contributed by atoms with Crippen LogP contribution >= 0.6 is 23.1 Å². The molecule has 0 aliphatic rings. The molecule has 0 atom stereocenters. The van der Waals surface area contributed by atoms with Gasteiger partial charge in [-0.15, -0.1) is 11.3 Å². The summed E-state index contributed by atoms with van der Waals surface area (Å²) in [5, 5.41) is 2.67. The Bertz CT molecular complexity index is 807. The Morgan fingerprint density at radius 1 is 1.26 bits per heavy atom. The minimum atomic E-state index is -0.0653. The van der Waals surface area contributed by atoms with E-state index in [2.05, 4.69) is 9.97 Å². The number of pyridine rings is 1. The van der Waals surface area contributed by atoms with E-state index in [0.717, 1.165) is 15.6 Å². The molecule has 0 aliphatic carbocycles. The summed E-state index contributed by atoms with van der Waals surface area (Å²) in [7, 11) is 0. The smallest absolute Gasteiger partial charge is 0.258 e. The lowest BCUT2D eigenvalue weighted by Crippen LogP contribution is -2.14. The van der Waals surface area contributed by atoms with Crippen LogP contribution in [0.3, 0.4) is 0 Å². The molecule has 0 radical (unpaired) electrons. The molecule has 96 valence electrons. The number of nitrogens with zero attached hydrogens (tertiary/aromatic N) is 3. The molecule has 3 heterocycles. The summed E-state index contributed by atoms with van der Waals surface area (Å²) < 4.78 is 2.47. The van der Waals surface area contributed by atoms with Crippen molar-refractivity contribution in [2.75, 3.05) is 0 Å². The maximum absolute atomic E-state index is 12.0. The maximum Gasteiger partial charge on any atom is 0.258 e. The van der Waals surface area contributed by atoms with Gasteiger partial charge in [0, 0.05) is 23.3 Å². The van der Waals surface area contributed by atoms with E-state index in [-0.39, 0.29) is 5.56 Å². The molecule has 4 nitrogen and oxygen atoms in total.